The predicted molar refractivity (Wildman–Crippen MR) is 67.3 cm³/mol. The minimum absolute atomic E-state index is 0.213. The number of nitrogens with zero attached hydrogens (tertiary/aromatic N) is 1. The Morgan fingerprint density at radius 3 is 2.60 bits per heavy atom. The van der Waals surface area contributed by atoms with E-state index in [0.29, 0.717) is 13.1 Å². The van der Waals surface area contributed by atoms with Crippen LogP contribution in [0.2, 0.25) is 0 Å². The average Bonchev–Trinajstić information content (AvgIpc) is 2.38. The van der Waals surface area contributed by atoms with E-state index in [1.807, 2.05) is 0 Å². The van der Waals surface area contributed by atoms with Crippen LogP contribution in [0.4, 0.5) is 13.2 Å². The molecule has 0 unspecified atom stereocenters. The zero-order chi connectivity index (χ0) is 14.6. The molecule has 7 heteroatoms. The van der Waals surface area contributed by atoms with Crippen molar-refractivity contribution in [1.29, 1.82) is 0 Å². The van der Waals surface area contributed by atoms with Crippen molar-refractivity contribution in [3.05, 3.63) is 0 Å². The third-order valence-electron chi connectivity index (χ3n) is 4.12. The summed E-state index contributed by atoms with van der Waals surface area (Å²) in [6, 6.07) is 0. The zero-order valence-electron chi connectivity index (χ0n) is 11.5. The molecule has 2 fully saturated rings. The first-order chi connectivity index (χ1) is 9.43. The van der Waals surface area contributed by atoms with Gasteiger partial charge in [0.05, 0.1) is 5.54 Å². The lowest BCUT2D eigenvalue weighted by molar-refractivity contribution is -0.180. The number of carbonyl (C=O) groups is 1. The lowest BCUT2D eigenvalue weighted by atomic mass is 9.79. The second-order valence-electron chi connectivity index (χ2n) is 5.62. The molecular weight excluding hydrogens is 273 g/mol. The molecule has 20 heavy (non-hydrogen) atoms. The predicted octanol–water partition coefficient (Wildman–Crippen LogP) is 1.70. The number of halogens is 3. The summed E-state index contributed by atoms with van der Waals surface area (Å²) in [5.41, 5.74) is -0.213. The molecule has 0 atom stereocenters. The van der Waals surface area contributed by atoms with Crippen molar-refractivity contribution in [2.24, 2.45) is 0 Å². The fraction of sp³-hybridized carbons (Fsp3) is 0.923. The van der Waals surface area contributed by atoms with E-state index in [4.69, 9.17) is 0 Å². The van der Waals surface area contributed by atoms with Gasteiger partial charge in [-0.1, -0.05) is 19.3 Å². The molecule has 1 aliphatic carbocycles. The van der Waals surface area contributed by atoms with Gasteiger partial charge in [-0.15, -0.1) is 0 Å². The van der Waals surface area contributed by atoms with Gasteiger partial charge in [0.25, 0.3) is 0 Å². The van der Waals surface area contributed by atoms with Crippen molar-refractivity contribution in [1.82, 2.24) is 10.2 Å². The Morgan fingerprint density at radius 1 is 1.25 bits per heavy atom. The van der Waals surface area contributed by atoms with Crippen molar-refractivity contribution in [2.45, 2.75) is 43.8 Å². The molecule has 2 rings (SSSR count). The van der Waals surface area contributed by atoms with Crippen molar-refractivity contribution < 1.29 is 22.7 Å². The fourth-order valence-corrected chi connectivity index (χ4v) is 3.22. The van der Waals surface area contributed by atoms with Gasteiger partial charge >= 0.3 is 6.18 Å². The first-order valence-electron chi connectivity index (χ1n) is 7.09. The molecule has 1 spiro atoms. The number of ether oxygens (including phenoxy) is 1. The van der Waals surface area contributed by atoms with Crippen LogP contribution in [0, 0.1) is 0 Å². The van der Waals surface area contributed by atoms with Crippen LogP contribution < -0.4 is 5.32 Å². The van der Waals surface area contributed by atoms with Crippen molar-refractivity contribution in [2.75, 3.05) is 32.8 Å². The molecule has 0 radical (unpaired) electrons. The Kier molecular flexibility index (Phi) is 4.90. The van der Waals surface area contributed by atoms with Gasteiger partial charge in [0.1, 0.15) is 13.2 Å². The third-order valence-corrected chi connectivity index (χ3v) is 4.12. The molecule has 116 valence electrons. The van der Waals surface area contributed by atoms with Crippen LogP contribution in [0.25, 0.3) is 0 Å². The Hall–Kier alpha value is -0.820. The molecule has 2 aliphatic rings. The number of amides is 1. The lowest BCUT2D eigenvalue weighted by Gasteiger charge is -2.49. The normalized spacial score (nSPS) is 23.1. The molecule has 4 nitrogen and oxygen atoms in total. The largest absolute Gasteiger partial charge is 0.411 e. The van der Waals surface area contributed by atoms with Crippen molar-refractivity contribution in [3.8, 4) is 0 Å². The first-order valence-corrected chi connectivity index (χ1v) is 7.09. The van der Waals surface area contributed by atoms with Crippen LogP contribution >= 0.6 is 0 Å². The number of hydrogen-bond donors (Lipinski definition) is 1. The first kappa shape index (κ1) is 15.6. The Morgan fingerprint density at radius 2 is 1.95 bits per heavy atom. The second-order valence-corrected chi connectivity index (χ2v) is 5.62. The van der Waals surface area contributed by atoms with Gasteiger partial charge in [-0.05, 0) is 12.8 Å². The molecule has 0 aromatic rings. The third kappa shape index (κ3) is 3.85. The van der Waals surface area contributed by atoms with E-state index >= 15 is 0 Å². The van der Waals surface area contributed by atoms with E-state index in [2.05, 4.69) is 10.1 Å². The van der Waals surface area contributed by atoms with E-state index in [0.717, 1.165) is 38.6 Å². The smallest absolute Gasteiger partial charge is 0.362 e. The van der Waals surface area contributed by atoms with Crippen LogP contribution in [-0.4, -0.2) is 55.4 Å². The van der Waals surface area contributed by atoms with E-state index in [9.17, 15) is 18.0 Å². The summed E-state index contributed by atoms with van der Waals surface area (Å²) in [6.45, 7) is 0.123. The van der Waals surface area contributed by atoms with Crippen LogP contribution in [0.15, 0.2) is 0 Å². The summed E-state index contributed by atoms with van der Waals surface area (Å²) in [4.78, 5) is 13.9. The number of rotatable bonds is 3. The average molecular weight is 294 g/mol. The number of alkyl halides is 3. The van der Waals surface area contributed by atoms with Gasteiger partial charge in [0.2, 0.25) is 5.91 Å². The Labute approximate surface area is 116 Å². The van der Waals surface area contributed by atoms with Crippen molar-refractivity contribution in [3.63, 3.8) is 0 Å². The maximum atomic E-state index is 12.2. The van der Waals surface area contributed by atoms with Gasteiger partial charge in [0, 0.05) is 19.6 Å². The van der Waals surface area contributed by atoms with Gasteiger partial charge < -0.3 is 15.0 Å². The zero-order valence-corrected chi connectivity index (χ0v) is 11.5. The van der Waals surface area contributed by atoms with Crippen LogP contribution in [0.3, 0.4) is 0 Å². The standard InChI is InChI=1S/C13H21F3N2O2/c14-13(15,16)10-20-8-11(19)18-7-6-17-9-12(18)4-2-1-3-5-12/h17H,1-10H2. The Balaban J connectivity index is 1.92. The molecule has 1 saturated heterocycles. The molecule has 1 aliphatic heterocycles. The minimum Gasteiger partial charge on any atom is -0.362 e. The second kappa shape index (κ2) is 6.30. The highest BCUT2D eigenvalue weighted by Gasteiger charge is 2.42. The SMILES string of the molecule is O=C(COCC(F)(F)F)N1CCNCC12CCCCC2. The molecule has 1 amide bonds. The Bertz CT molecular complexity index is 333. The topological polar surface area (TPSA) is 41.6 Å². The number of nitrogens with one attached hydrogen (secondary N) is 1. The molecule has 0 aromatic heterocycles. The van der Waals surface area contributed by atoms with Gasteiger partial charge in [-0.3, -0.25) is 4.79 Å². The van der Waals surface area contributed by atoms with Gasteiger partial charge in [-0.2, -0.15) is 13.2 Å². The summed E-state index contributed by atoms with van der Waals surface area (Å²) >= 11 is 0. The number of piperazine rings is 1. The lowest BCUT2D eigenvalue weighted by Crippen LogP contribution is -2.64. The summed E-state index contributed by atoms with van der Waals surface area (Å²) in [5.74, 6) is -0.322. The molecule has 1 heterocycles. The summed E-state index contributed by atoms with van der Waals surface area (Å²) in [6.07, 6.45) is 0.750. The van der Waals surface area contributed by atoms with Crippen molar-refractivity contribution >= 4 is 5.91 Å². The number of hydrogen-bond acceptors (Lipinski definition) is 3. The van der Waals surface area contributed by atoms with Crippen LogP contribution in [-0.2, 0) is 9.53 Å². The van der Waals surface area contributed by atoms with E-state index in [1.165, 1.54) is 0 Å². The molecular formula is C13H21F3N2O2. The van der Waals surface area contributed by atoms with Gasteiger partial charge in [-0.25, -0.2) is 0 Å². The van der Waals surface area contributed by atoms with E-state index in [-0.39, 0.29) is 11.4 Å². The summed E-state index contributed by atoms with van der Waals surface area (Å²) in [5, 5.41) is 3.30. The van der Waals surface area contributed by atoms with E-state index < -0.39 is 19.4 Å². The monoisotopic (exact) mass is 294 g/mol. The maximum absolute atomic E-state index is 12.2. The highest BCUT2D eigenvalue weighted by molar-refractivity contribution is 5.78. The quantitative estimate of drug-likeness (QED) is 0.861. The van der Waals surface area contributed by atoms with E-state index in [1.54, 1.807) is 4.90 Å². The fourth-order valence-electron chi connectivity index (χ4n) is 3.22. The summed E-state index contributed by atoms with van der Waals surface area (Å²) in [7, 11) is 0. The number of carbonyl (C=O) groups excluding carboxylic acids is 1. The minimum atomic E-state index is -4.38. The summed E-state index contributed by atoms with van der Waals surface area (Å²) < 4.78 is 40.6. The molecule has 0 aromatic carbocycles. The molecule has 1 saturated carbocycles. The highest BCUT2D eigenvalue weighted by atomic mass is 19.4. The van der Waals surface area contributed by atoms with Gasteiger partial charge in [0.15, 0.2) is 0 Å². The van der Waals surface area contributed by atoms with Crippen LogP contribution in [0.1, 0.15) is 32.1 Å². The molecule has 0 bridgehead atoms. The maximum Gasteiger partial charge on any atom is 0.411 e. The van der Waals surface area contributed by atoms with Crippen LogP contribution in [0.5, 0.6) is 0 Å². The highest BCUT2D eigenvalue weighted by Crippen LogP contribution is 2.34. The molecule has 1 N–H and O–H groups in total.